The number of rotatable bonds is 5. The fraction of sp³-hybridized carbons (Fsp3) is 0.333. The lowest BCUT2D eigenvalue weighted by Gasteiger charge is -2.17. The zero-order valence-corrected chi connectivity index (χ0v) is 12.1. The van der Waals surface area contributed by atoms with E-state index in [1.54, 1.807) is 13.0 Å². The van der Waals surface area contributed by atoms with E-state index >= 15 is 0 Å². The third-order valence-electron chi connectivity index (χ3n) is 2.45. The average molecular weight is 289 g/mol. The summed E-state index contributed by atoms with van der Waals surface area (Å²) in [6.45, 7) is 6.03. The molecule has 0 amide bonds. The van der Waals surface area contributed by atoms with E-state index in [1.165, 1.54) is 23.5 Å². The van der Waals surface area contributed by atoms with E-state index in [4.69, 9.17) is 17.3 Å². The van der Waals surface area contributed by atoms with E-state index < -0.39 is 10.0 Å². The zero-order chi connectivity index (χ0) is 13.9. The van der Waals surface area contributed by atoms with Gasteiger partial charge in [-0.05, 0) is 24.6 Å². The van der Waals surface area contributed by atoms with Crippen molar-refractivity contribution >= 4 is 21.6 Å². The summed E-state index contributed by atoms with van der Waals surface area (Å²) in [7, 11) is -2.03. The van der Waals surface area contributed by atoms with Crippen molar-refractivity contribution in [3.63, 3.8) is 0 Å². The van der Waals surface area contributed by atoms with Crippen molar-refractivity contribution in [1.29, 1.82) is 0 Å². The van der Waals surface area contributed by atoms with E-state index in [-0.39, 0.29) is 18.0 Å². The van der Waals surface area contributed by atoms with E-state index in [1.807, 2.05) is 0 Å². The minimum atomic E-state index is -3.53. The largest absolute Gasteiger partial charge is 0.326 e. The molecule has 0 saturated carbocycles. The Morgan fingerprint density at radius 1 is 1.50 bits per heavy atom. The number of hydrogen-bond donors (Lipinski definition) is 1. The van der Waals surface area contributed by atoms with Gasteiger partial charge in [-0.3, -0.25) is 0 Å². The van der Waals surface area contributed by atoms with Gasteiger partial charge in [-0.1, -0.05) is 29.8 Å². The normalized spacial score (nSPS) is 11.8. The Kier molecular flexibility index (Phi) is 4.92. The fourth-order valence-corrected chi connectivity index (χ4v) is 3.08. The summed E-state index contributed by atoms with van der Waals surface area (Å²) in [4.78, 5) is 0.161. The number of benzene rings is 1. The summed E-state index contributed by atoms with van der Waals surface area (Å²) in [5, 5.41) is 0.363. The molecule has 0 radical (unpaired) electrons. The number of hydrogen-bond acceptors (Lipinski definition) is 3. The second-order valence-electron chi connectivity index (χ2n) is 4.18. The van der Waals surface area contributed by atoms with E-state index in [2.05, 4.69) is 6.58 Å². The van der Waals surface area contributed by atoms with Gasteiger partial charge in [0, 0.05) is 25.2 Å². The number of nitrogens with zero attached hydrogens (tertiary/aromatic N) is 1. The van der Waals surface area contributed by atoms with Crippen LogP contribution in [0.15, 0.2) is 35.2 Å². The molecular weight excluding hydrogens is 272 g/mol. The van der Waals surface area contributed by atoms with Gasteiger partial charge in [0.1, 0.15) is 0 Å². The minimum absolute atomic E-state index is 0.161. The Morgan fingerprint density at radius 3 is 2.56 bits per heavy atom. The molecule has 0 aliphatic rings. The van der Waals surface area contributed by atoms with Crippen LogP contribution in [0.4, 0.5) is 0 Å². The average Bonchev–Trinajstić information content (AvgIpc) is 2.27. The molecule has 0 unspecified atom stereocenters. The molecule has 0 bridgehead atoms. The molecule has 4 nitrogen and oxygen atoms in total. The second-order valence-corrected chi connectivity index (χ2v) is 6.63. The van der Waals surface area contributed by atoms with Crippen LogP contribution in [0.5, 0.6) is 0 Å². The van der Waals surface area contributed by atoms with Crippen molar-refractivity contribution in [2.24, 2.45) is 5.73 Å². The van der Waals surface area contributed by atoms with Crippen molar-refractivity contribution in [2.75, 3.05) is 13.6 Å². The molecule has 0 aliphatic carbocycles. The van der Waals surface area contributed by atoms with Gasteiger partial charge in [-0.2, -0.15) is 4.31 Å². The first kappa shape index (κ1) is 15.2. The highest BCUT2D eigenvalue weighted by Crippen LogP contribution is 2.22. The smallest absolute Gasteiger partial charge is 0.243 e. The molecule has 0 heterocycles. The monoisotopic (exact) mass is 288 g/mol. The third-order valence-corrected chi connectivity index (χ3v) is 4.60. The molecule has 18 heavy (non-hydrogen) atoms. The molecule has 0 aliphatic heterocycles. The summed E-state index contributed by atoms with van der Waals surface area (Å²) in [5.41, 5.74) is 6.97. The summed E-state index contributed by atoms with van der Waals surface area (Å²) in [6, 6.07) is 4.57. The van der Waals surface area contributed by atoms with Crippen molar-refractivity contribution in [1.82, 2.24) is 4.31 Å². The maximum absolute atomic E-state index is 12.2. The highest BCUT2D eigenvalue weighted by atomic mass is 35.5. The SMILES string of the molecule is C=C(C)CN(C)S(=O)(=O)c1ccc(CN)c(Cl)c1. The van der Waals surface area contributed by atoms with Crippen LogP contribution < -0.4 is 5.73 Å². The first-order valence-corrected chi connectivity index (χ1v) is 7.20. The molecule has 1 aromatic carbocycles. The lowest BCUT2D eigenvalue weighted by Crippen LogP contribution is -2.28. The molecule has 2 N–H and O–H groups in total. The molecule has 0 saturated heterocycles. The van der Waals surface area contributed by atoms with E-state index in [9.17, 15) is 8.42 Å². The van der Waals surface area contributed by atoms with Crippen LogP contribution in [0.2, 0.25) is 5.02 Å². The van der Waals surface area contributed by atoms with Crippen LogP contribution in [-0.2, 0) is 16.6 Å². The van der Waals surface area contributed by atoms with Gasteiger partial charge in [0.15, 0.2) is 0 Å². The maximum Gasteiger partial charge on any atom is 0.243 e. The van der Waals surface area contributed by atoms with Gasteiger partial charge in [0.2, 0.25) is 10.0 Å². The molecule has 100 valence electrons. The van der Waals surface area contributed by atoms with Gasteiger partial charge in [-0.15, -0.1) is 0 Å². The van der Waals surface area contributed by atoms with Crippen molar-refractivity contribution in [2.45, 2.75) is 18.4 Å². The minimum Gasteiger partial charge on any atom is -0.326 e. The first-order chi connectivity index (χ1) is 8.28. The Hall–Kier alpha value is -0.880. The van der Waals surface area contributed by atoms with Gasteiger partial charge in [0.25, 0.3) is 0 Å². The van der Waals surface area contributed by atoms with Crippen molar-refractivity contribution < 1.29 is 8.42 Å². The lowest BCUT2D eigenvalue weighted by atomic mass is 10.2. The molecule has 0 spiro atoms. The maximum atomic E-state index is 12.2. The Balaban J connectivity index is 3.13. The number of likely N-dealkylation sites (N-methyl/N-ethyl adjacent to an activating group) is 1. The molecular formula is C12H17ClN2O2S. The molecule has 0 aromatic heterocycles. The summed E-state index contributed by atoms with van der Waals surface area (Å²) in [5.74, 6) is 0. The molecule has 1 rings (SSSR count). The van der Waals surface area contributed by atoms with Crippen LogP contribution in [0.3, 0.4) is 0 Å². The third kappa shape index (κ3) is 3.32. The molecule has 0 atom stereocenters. The second kappa shape index (κ2) is 5.84. The van der Waals surface area contributed by atoms with Crippen LogP contribution in [0.1, 0.15) is 12.5 Å². The number of nitrogens with two attached hydrogens (primary N) is 1. The van der Waals surface area contributed by atoms with Crippen LogP contribution in [0.25, 0.3) is 0 Å². The van der Waals surface area contributed by atoms with Crippen molar-refractivity contribution in [3.05, 3.63) is 40.9 Å². The predicted molar refractivity (Wildman–Crippen MR) is 74.0 cm³/mol. The molecule has 6 heteroatoms. The summed E-state index contributed by atoms with van der Waals surface area (Å²) < 4.78 is 25.7. The fourth-order valence-electron chi connectivity index (χ4n) is 1.50. The van der Waals surface area contributed by atoms with Gasteiger partial charge in [0.05, 0.1) is 4.90 Å². The van der Waals surface area contributed by atoms with Crippen LogP contribution >= 0.6 is 11.6 Å². The standard InChI is InChI=1S/C12H17ClN2O2S/c1-9(2)8-15(3)18(16,17)11-5-4-10(7-14)12(13)6-11/h4-6H,1,7-8,14H2,2-3H3. The Bertz CT molecular complexity index is 555. The number of sulfonamides is 1. The first-order valence-electron chi connectivity index (χ1n) is 5.38. The predicted octanol–water partition coefficient (Wildman–Crippen LogP) is 2.00. The van der Waals surface area contributed by atoms with E-state index in [0.717, 1.165) is 11.1 Å². The Labute approximate surface area is 113 Å². The zero-order valence-electron chi connectivity index (χ0n) is 10.5. The Morgan fingerprint density at radius 2 is 2.11 bits per heavy atom. The van der Waals surface area contributed by atoms with Crippen LogP contribution in [-0.4, -0.2) is 26.3 Å². The molecule has 1 aromatic rings. The topological polar surface area (TPSA) is 63.4 Å². The lowest BCUT2D eigenvalue weighted by molar-refractivity contribution is 0.493. The van der Waals surface area contributed by atoms with Crippen molar-refractivity contribution in [3.8, 4) is 0 Å². The molecule has 0 fully saturated rings. The highest BCUT2D eigenvalue weighted by Gasteiger charge is 2.21. The van der Waals surface area contributed by atoms with Gasteiger partial charge < -0.3 is 5.73 Å². The van der Waals surface area contributed by atoms with Gasteiger partial charge in [-0.25, -0.2) is 8.42 Å². The number of halogens is 1. The highest BCUT2D eigenvalue weighted by molar-refractivity contribution is 7.89. The van der Waals surface area contributed by atoms with Gasteiger partial charge >= 0.3 is 0 Å². The summed E-state index contributed by atoms with van der Waals surface area (Å²) >= 11 is 5.97. The summed E-state index contributed by atoms with van der Waals surface area (Å²) in [6.07, 6.45) is 0. The quantitative estimate of drug-likeness (QED) is 0.843. The van der Waals surface area contributed by atoms with Crippen LogP contribution in [0, 0.1) is 0 Å². The van der Waals surface area contributed by atoms with E-state index in [0.29, 0.717) is 5.02 Å².